The van der Waals surface area contributed by atoms with Crippen LogP contribution in [0.4, 0.5) is 0 Å². The van der Waals surface area contributed by atoms with Crippen LogP contribution in [0.25, 0.3) is 0 Å². The number of hydrogen-bond acceptors (Lipinski definition) is 2. The summed E-state index contributed by atoms with van der Waals surface area (Å²) in [6, 6.07) is 0. The van der Waals surface area contributed by atoms with E-state index in [-0.39, 0.29) is 0 Å². The molecule has 1 fully saturated rings. The van der Waals surface area contributed by atoms with Gasteiger partial charge in [0.05, 0.1) is 0 Å². The average Bonchev–Trinajstić information content (AvgIpc) is 2.30. The lowest BCUT2D eigenvalue weighted by atomic mass is 9.92. The van der Waals surface area contributed by atoms with Crippen molar-refractivity contribution in [3.05, 3.63) is 0 Å². The average molecular weight is 226 g/mol. The van der Waals surface area contributed by atoms with Crippen molar-refractivity contribution in [3.63, 3.8) is 0 Å². The van der Waals surface area contributed by atoms with E-state index in [2.05, 4.69) is 18.7 Å². The molecule has 0 aliphatic carbocycles. The molecule has 0 spiro atoms. The van der Waals surface area contributed by atoms with Gasteiger partial charge in [0.15, 0.2) is 0 Å². The molecule has 1 amide bonds. The van der Waals surface area contributed by atoms with Crippen molar-refractivity contribution in [2.24, 2.45) is 17.6 Å². The Hall–Kier alpha value is -0.570. The lowest BCUT2D eigenvalue weighted by Crippen LogP contribution is -2.41. The SMILES string of the molecule is CCC1CCN(CC(CC)CCN)C(=O)C1. The first-order valence-corrected chi connectivity index (χ1v) is 6.69. The number of likely N-dealkylation sites (tertiary alicyclic amines) is 1. The number of carbonyl (C=O) groups excluding carboxylic acids is 1. The minimum absolute atomic E-state index is 0.355. The van der Waals surface area contributed by atoms with Crippen molar-refractivity contribution in [3.8, 4) is 0 Å². The van der Waals surface area contributed by atoms with E-state index in [4.69, 9.17) is 5.73 Å². The number of carbonyl (C=O) groups is 1. The molecule has 0 bridgehead atoms. The van der Waals surface area contributed by atoms with Gasteiger partial charge in [0.1, 0.15) is 0 Å². The molecule has 2 unspecified atom stereocenters. The highest BCUT2D eigenvalue weighted by atomic mass is 16.2. The van der Waals surface area contributed by atoms with Gasteiger partial charge >= 0.3 is 0 Å². The quantitative estimate of drug-likeness (QED) is 0.753. The standard InChI is InChI=1S/C13H26N2O/c1-3-11-6-8-15(13(16)9-11)10-12(4-2)5-7-14/h11-12H,3-10,14H2,1-2H3. The van der Waals surface area contributed by atoms with Crippen LogP contribution in [0.1, 0.15) is 46.0 Å². The van der Waals surface area contributed by atoms with Gasteiger partial charge in [-0.05, 0) is 31.2 Å². The fraction of sp³-hybridized carbons (Fsp3) is 0.923. The van der Waals surface area contributed by atoms with Gasteiger partial charge in [-0.25, -0.2) is 0 Å². The molecule has 1 aliphatic rings. The molecule has 3 heteroatoms. The van der Waals surface area contributed by atoms with Crippen molar-refractivity contribution in [1.29, 1.82) is 0 Å². The van der Waals surface area contributed by atoms with Gasteiger partial charge in [-0.3, -0.25) is 4.79 Å². The van der Waals surface area contributed by atoms with Gasteiger partial charge in [0, 0.05) is 19.5 Å². The highest BCUT2D eigenvalue weighted by Gasteiger charge is 2.25. The van der Waals surface area contributed by atoms with E-state index in [1.54, 1.807) is 0 Å². The van der Waals surface area contributed by atoms with Crippen molar-refractivity contribution in [2.45, 2.75) is 46.0 Å². The second-order valence-electron chi connectivity index (χ2n) is 4.96. The summed E-state index contributed by atoms with van der Waals surface area (Å²) < 4.78 is 0. The molecule has 94 valence electrons. The van der Waals surface area contributed by atoms with E-state index in [0.29, 0.717) is 17.7 Å². The van der Waals surface area contributed by atoms with Crippen LogP contribution in [0, 0.1) is 11.8 Å². The molecule has 1 heterocycles. The Morgan fingerprint density at radius 1 is 1.50 bits per heavy atom. The number of rotatable bonds is 6. The van der Waals surface area contributed by atoms with E-state index in [9.17, 15) is 4.79 Å². The highest BCUT2D eigenvalue weighted by molar-refractivity contribution is 5.77. The van der Waals surface area contributed by atoms with Gasteiger partial charge in [-0.15, -0.1) is 0 Å². The number of piperidine rings is 1. The molecule has 1 aliphatic heterocycles. The third-order valence-corrected chi connectivity index (χ3v) is 3.83. The summed E-state index contributed by atoms with van der Waals surface area (Å²) in [6.07, 6.45) is 5.24. The molecule has 0 aromatic carbocycles. The molecule has 0 aromatic heterocycles. The second kappa shape index (κ2) is 6.89. The van der Waals surface area contributed by atoms with Crippen LogP contribution in [0.5, 0.6) is 0 Å². The Morgan fingerprint density at radius 3 is 2.75 bits per heavy atom. The largest absolute Gasteiger partial charge is 0.342 e. The monoisotopic (exact) mass is 226 g/mol. The molecule has 16 heavy (non-hydrogen) atoms. The Morgan fingerprint density at radius 2 is 2.25 bits per heavy atom. The molecule has 0 aromatic rings. The normalized spacial score (nSPS) is 23.6. The smallest absolute Gasteiger partial charge is 0.222 e. The Bertz CT molecular complexity index is 218. The summed E-state index contributed by atoms with van der Waals surface area (Å²) in [5.74, 6) is 1.57. The van der Waals surface area contributed by atoms with E-state index in [0.717, 1.165) is 45.3 Å². The molecule has 0 radical (unpaired) electrons. The molecular formula is C13H26N2O. The van der Waals surface area contributed by atoms with Crippen LogP contribution in [0.15, 0.2) is 0 Å². The third kappa shape index (κ3) is 3.78. The number of hydrogen-bond donors (Lipinski definition) is 1. The predicted octanol–water partition coefficient (Wildman–Crippen LogP) is 2.01. The van der Waals surface area contributed by atoms with E-state index in [1.165, 1.54) is 6.42 Å². The minimum atomic E-state index is 0.355. The number of nitrogens with zero attached hydrogens (tertiary/aromatic N) is 1. The van der Waals surface area contributed by atoms with Crippen LogP contribution in [0.3, 0.4) is 0 Å². The van der Waals surface area contributed by atoms with Gasteiger partial charge < -0.3 is 10.6 Å². The summed E-state index contributed by atoms with van der Waals surface area (Å²) in [5, 5.41) is 0. The van der Waals surface area contributed by atoms with Gasteiger partial charge in [-0.2, -0.15) is 0 Å². The van der Waals surface area contributed by atoms with E-state index >= 15 is 0 Å². The number of amides is 1. The predicted molar refractivity (Wildman–Crippen MR) is 67.0 cm³/mol. The summed E-state index contributed by atoms with van der Waals surface area (Å²) in [4.78, 5) is 14.0. The van der Waals surface area contributed by atoms with Crippen LogP contribution >= 0.6 is 0 Å². The first-order chi connectivity index (χ1) is 7.71. The summed E-state index contributed by atoms with van der Waals surface area (Å²) in [6.45, 7) is 6.97. The molecule has 1 saturated heterocycles. The summed E-state index contributed by atoms with van der Waals surface area (Å²) >= 11 is 0. The zero-order valence-electron chi connectivity index (χ0n) is 10.7. The third-order valence-electron chi connectivity index (χ3n) is 3.83. The Labute approximate surface area is 99.4 Å². The zero-order valence-corrected chi connectivity index (χ0v) is 10.7. The van der Waals surface area contributed by atoms with Gasteiger partial charge in [-0.1, -0.05) is 26.7 Å². The molecule has 3 nitrogen and oxygen atoms in total. The van der Waals surface area contributed by atoms with Crippen molar-refractivity contribution in [2.75, 3.05) is 19.6 Å². The second-order valence-corrected chi connectivity index (χ2v) is 4.96. The zero-order chi connectivity index (χ0) is 12.0. The van der Waals surface area contributed by atoms with Gasteiger partial charge in [0.25, 0.3) is 0 Å². The molecule has 2 N–H and O–H groups in total. The van der Waals surface area contributed by atoms with Crippen molar-refractivity contribution in [1.82, 2.24) is 4.90 Å². The fourth-order valence-electron chi connectivity index (χ4n) is 2.45. The minimum Gasteiger partial charge on any atom is -0.342 e. The van der Waals surface area contributed by atoms with Gasteiger partial charge in [0.2, 0.25) is 5.91 Å². The molecule has 1 rings (SSSR count). The van der Waals surface area contributed by atoms with Crippen LogP contribution in [-0.2, 0) is 4.79 Å². The maximum atomic E-state index is 11.9. The lowest BCUT2D eigenvalue weighted by molar-refractivity contribution is -0.135. The van der Waals surface area contributed by atoms with Crippen LogP contribution in [0.2, 0.25) is 0 Å². The summed E-state index contributed by atoms with van der Waals surface area (Å²) in [5.41, 5.74) is 5.58. The van der Waals surface area contributed by atoms with Crippen molar-refractivity contribution < 1.29 is 4.79 Å². The lowest BCUT2D eigenvalue weighted by Gasteiger charge is -2.33. The number of nitrogens with two attached hydrogens (primary N) is 1. The fourth-order valence-corrected chi connectivity index (χ4v) is 2.45. The molecule has 2 atom stereocenters. The first-order valence-electron chi connectivity index (χ1n) is 6.69. The van der Waals surface area contributed by atoms with Crippen LogP contribution in [-0.4, -0.2) is 30.4 Å². The maximum Gasteiger partial charge on any atom is 0.222 e. The van der Waals surface area contributed by atoms with E-state index in [1.807, 2.05) is 0 Å². The molecule has 0 saturated carbocycles. The first kappa shape index (κ1) is 13.5. The van der Waals surface area contributed by atoms with E-state index < -0.39 is 0 Å². The Kier molecular flexibility index (Phi) is 5.81. The highest BCUT2D eigenvalue weighted by Crippen LogP contribution is 2.22. The topological polar surface area (TPSA) is 46.3 Å². The van der Waals surface area contributed by atoms with Crippen LogP contribution < -0.4 is 5.73 Å². The molecular weight excluding hydrogens is 200 g/mol. The van der Waals surface area contributed by atoms with Crippen molar-refractivity contribution >= 4 is 5.91 Å². The Balaban J connectivity index is 2.40. The maximum absolute atomic E-state index is 11.9. The summed E-state index contributed by atoms with van der Waals surface area (Å²) in [7, 11) is 0.